The molecule has 112 valence electrons. The molecule has 5 heteroatoms. The molecule has 0 aliphatic carbocycles. The normalized spacial score (nSPS) is 10.7. The van der Waals surface area contributed by atoms with Gasteiger partial charge in [-0.25, -0.2) is 0 Å². The Balaban J connectivity index is 2.08. The van der Waals surface area contributed by atoms with Crippen LogP contribution in [-0.4, -0.2) is 24.0 Å². The first-order valence-corrected chi connectivity index (χ1v) is 8.38. The third-order valence-corrected chi connectivity index (χ3v) is 4.50. The predicted octanol–water partition coefficient (Wildman–Crippen LogP) is 4.57. The Morgan fingerprint density at radius 1 is 1.38 bits per heavy atom. The molecule has 0 unspecified atom stereocenters. The summed E-state index contributed by atoms with van der Waals surface area (Å²) in [5, 5.41) is 2.02. The number of amides is 1. The van der Waals surface area contributed by atoms with Crippen LogP contribution in [0.15, 0.2) is 40.2 Å². The van der Waals surface area contributed by atoms with Crippen molar-refractivity contribution in [1.82, 2.24) is 4.90 Å². The van der Waals surface area contributed by atoms with Crippen LogP contribution in [0.1, 0.15) is 29.1 Å². The summed E-state index contributed by atoms with van der Waals surface area (Å²) in [6.45, 7) is 4.54. The van der Waals surface area contributed by atoms with Gasteiger partial charge in [-0.1, -0.05) is 6.07 Å². The summed E-state index contributed by atoms with van der Waals surface area (Å²) in [7, 11) is 1.81. The van der Waals surface area contributed by atoms with Crippen molar-refractivity contribution in [3.05, 3.63) is 50.6 Å². The monoisotopic (exact) mass is 367 g/mol. The molecule has 0 N–H and O–H groups in total. The number of halogens is 1. The fraction of sp³-hybridized carbons (Fsp3) is 0.312. The lowest BCUT2D eigenvalue weighted by Crippen LogP contribution is -2.25. The van der Waals surface area contributed by atoms with Gasteiger partial charge in [0.1, 0.15) is 5.75 Å². The molecule has 21 heavy (non-hydrogen) atoms. The van der Waals surface area contributed by atoms with E-state index in [1.165, 1.54) is 0 Å². The fourth-order valence-electron chi connectivity index (χ4n) is 1.94. The molecule has 1 heterocycles. The summed E-state index contributed by atoms with van der Waals surface area (Å²) in [5.74, 6) is 0.719. The van der Waals surface area contributed by atoms with E-state index in [2.05, 4.69) is 15.9 Å². The number of thiophene rings is 1. The van der Waals surface area contributed by atoms with Gasteiger partial charge in [-0.3, -0.25) is 4.79 Å². The molecular formula is C16H18BrNO2S. The third-order valence-electron chi connectivity index (χ3n) is 2.81. The summed E-state index contributed by atoms with van der Waals surface area (Å²) >= 11 is 5.06. The Labute approximate surface area is 137 Å². The number of hydrogen-bond acceptors (Lipinski definition) is 3. The highest BCUT2D eigenvalue weighted by Gasteiger charge is 2.14. The quantitative estimate of drug-likeness (QED) is 0.774. The minimum absolute atomic E-state index is 0.00581. The standard InChI is InChI=1S/C16H18BrNO2S/c1-11(2)20-14-6-4-5-12(7-14)16(19)18(3)9-15-8-13(17)10-21-15/h4-8,10-11H,9H2,1-3H3. The Hall–Kier alpha value is -1.33. The van der Waals surface area contributed by atoms with Gasteiger partial charge in [0.05, 0.1) is 12.6 Å². The van der Waals surface area contributed by atoms with Crippen molar-refractivity contribution in [3.8, 4) is 5.75 Å². The molecular weight excluding hydrogens is 350 g/mol. The maximum atomic E-state index is 12.5. The Bertz CT molecular complexity index is 624. The molecule has 0 saturated carbocycles. The van der Waals surface area contributed by atoms with Gasteiger partial charge in [-0.05, 0) is 54.0 Å². The molecule has 2 rings (SSSR count). The van der Waals surface area contributed by atoms with Gasteiger partial charge in [0.15, 0.2) is 0 Å². The molecule has 0 radical (unpaired) electrons. The first-order valence-electron chi connectivity index (χ1n) is 6.71. The Morgan fingerprint density at radius 3 is 2.76 bits per heavy atom. The average Bonchev–Trinajstić information content (AvgIpc) is 2.82. The smallest absolute Gasteiger partial charge is 0.254 e. The highest BCUT2D eigenvalue weighted by molar-refractivity contribution is 9.10. The van der Waals surface area contributed by atoms with Crippen LogP contribution in [0.3, 0.4) is 0 Å². The van der Waals surface area contributed by atoms with Crippen molar-refractivity contribution in [2.75, 3.05) is 7.05 Å². The zero-order chi connectivity index (χ0) is 15.4. The van der Waals surface area contributed by atoms with Gasteiger partial charge in [0.25, 0.3) is 5.91 Å². The SMILES string of the molecule is CC(C)Oc1cccc(C(=O)N(C)Cc2cc(Br)cs2)c1. The first kappa shape index (κ1) is 16.0. The van der Waals surface area contributed by atoms with Gasteiger partial charge in [-0.15, -0.1) is 11.3 Å². The van der Waals surface area contributed by atoms with E-state index in [-0.39, 0.29) is 12.0 Å². The number of hydrogen-bond donors (Lipinski definition) is 0. The van der Waals surface area contributed by atoms with Gasteiger partial charge in [0.2, 0.25) is 0 Å². The van der Waals surface area contributed by atoms with E-state index >= 15 is 0 Å². The number of carbonyl (C=O) groups is 1. The molecule has 0 bridgehead atoms. The van der Waals surface area contributed by atoms with Crippen molar-refractivity contribution in [1.29, 1.82) is 0 Å². The number of ether oxygens (including phenoxy) is 1. The molecule has 3 nitrogen and oxygen atoms in total. The maximum absolute atomic E-state index is 12.5. The third kappa shape index (κ3) is 4.58. The Morgan fingerprint density at radius 2 is 2.14 bits per heavy atom. The van der Waals surface area contributed by atoms with Crippen LogP contribution in [0.25, 0.3) is 0 Å². The van der Waals surface area contributed by atoms with Crippen LogP contribution in [0.2, 0.25) is 0 Å². The van der Waals surface area contributed by atoms with E-state index < -0.39 is 0 Å². The van der Waals surface area contributed by atoms with Gasteiger partial charge < -0.3 is 9.64 Å². The lowest BCUT2D eigenvalue weighted by Gasteiger charge is -2.17. The van der Waals surface area contributed by atoms with E-state index in [0.29, 0.717) is 12.1 Å². The van der Waals surface area contributed by atoms with Gasteiger partial charge in [0, 0.05) is 27.3 Å². The second-order valence-electron chi connectivity index (χ2n) is 5.09. The van der Waals surface area contributed by atoms with Crippen LogP contribution < -0.4 is 4.74 Å². The van der Waals surface area contributed by atoms with E-state index in [0.717, 1.165) is 15.1 Å². The summed E-state index contributed by atoms with van der Waals surface area (Å²) < 4.78 is 6.68. The fourth-order valence-corrected chi connectivity index (χ4v) is 3.44. The lowest BCUT2D eigenvalue weighted by molar-refractivity contribution is 0.0785. The molecule has 1 amide bonds. The largest absolute Gasteiger partial charge is 0.491 e. The minimum Gasteiger partial charge on any atom is -0.491 e. The summed E-state index contributed by atoms with van der Waals surface area (Å²) in [6.07, 6.45) is 0.0940. The zero-order valence-electron chi connectivity index (χ0n) is 12.3. The topological polar surface area (TPSA) is 29.5 Å². The van der Waals surface area contributed by atoms with Crippen LogP contribution in [0.5, 0.6) is 5.75 Å². The van der Waals surface area contributed by atoms with Crippen LogP contribution in [0.4, 0.5) is 0 Å². The summed E-state index contributed by atoms with van der Waals surface area (Å²) in [4.78, 5) is 15.3. The molecule has 2 aromatic rings. The Kier molecular flexibility index (Phi) is 5.42. The second kappa shape index (κ2) is 7.09. The summed E-state index contributed by atoms with van der Waals surface area (Å²) in [5.41, 5.74) is 0.645. The molecule has 0 aliphatic heterocycles. The lowest BCUT2D eigenvalue weighted by atomic mass is 10.2. The predicted molar refractivity (Wildman–Crippen MR) is 90.0 cm³/mol. The maximum Gasteiger partial charge on any atom is 0.254 e. The molecule has 0 atom stereocenters. The number of carbonyl (C=O) groups excluding carboxylic acids is 1. The molecule has 0 saturated heterocycles. The van der Waals surface area contributed by atoms with Crippen molar-refractivity contribution in [2.24, 2.45) is 0 Å². The van der Waals surface area contributed by atoms with E-state index in [4.69, 9.17) is 4.74 Å². The van der Waals surface area contributed by atoms with Gasteiger partial charge >= 0.3 is 0 Å². The van der Waals surface area contributed by atoms with E-state index in [1.807, 2.05) is 50.5 Å². The highest BCUT2D eigenvalue weighted by atomic mass is 79.9. The molecule has 0 spiro atoms. The van der Waals surface area contributed by atoms with E-state index in [9.17, 15) is 4.79 Å². The van der Waals surface area contributed by atoms with Crippen LogP contribution in [-0.2, 0) is 6.54 Å². The average molecular weight is 368 g/mol. The van der Waals surface area contributed by atoms with Crippen molar-refractivity contribution < 1.29 is 9.53 Å². The highest BCUT2D eigenvalue weighted by Crippen LogP contribution is 2.22. The number of benzene rings is 1. The second-order valence-corrected chi connectivity index (χ2v) is 7.00. The van der Waals surface area contributed by atoms with Crippen molar-refractivity contribution in [2.45, 2.75) is 26.5 Å². The number of rotatable bonds is 5. The molecule has 1 aromatic carbocycles. The van der Waals surface area contributed by atoms with E-state index in [1.54, 1.807) is 22.3 Å². The summed E-state index contributed by atoms with van der Waals surface area (Å²) in [6, 6.07) is 9.36. The number of nitrogens with zero attached hydrogens (tertiary/aromatic N) is 1. The molecule has 1 aromatic heterocycles. The first-order chi connectivity index (χ1) is 9.95. The minimum atomic E-state index is -0.00581. The van der Waals surface area contributed by atoms with Crippen molar-refractivity contribution in [3.63, 3.8) is 0 Å². The van der Waals surface area contributed by atoms with Crippen LogP contribution >= 0.6 is 27.3 Å². The van der Waals surface area contributed by atoms with Crippen molar-refractivity contribution >= 4 is 33.2 Å². The molecule has 0 fully saturated rings. The van der Waals surface area contributed by atoms with Gasteiger partial charge in [-0.2, -0.15) is 0 Å². The van der Waals surface area contributed by atoms with Crippen LogP contribution in [0, 0.1) is 0 Å². The molecule has 0 aliphatic rings. The zero-order valence-corrected chi connectivity index (χ0v) is 14.7.